The Kier molecular flexibility index (Phi) is 9.24. The van der Waals surface area contributed by atoms with Gasteiger partial charge in [-0.1, -0.05) is 31.9 Å². The molecule has 2 rings (SSSR count). The fourth-order valence-corrected chi connectivity index (χ4v) is 5.35. The second kappa shape index (κ2) is 10.8. The third kappa shape index (κ3) is 5.05. The van der Waals surface area contributed by atoms with E-state index >= 15 is 0 Å². The fourth-order valence-electron chi connectivity index (χ4n) is 5.35. The van der Waals surface area contributed by atoms with Crippen LogP contribution in [0.25, 0.3) is 0 Å². The number of carboxylic acid groups (broad SMARTS) is 4. The summed E-state index contributed by atoms with van der Waals surface area (Å²) < 4.78 is 0. The van der Waals surface area contributed by atoms with Crippen LogP contribution in [0.3, 0.4) is 0 Å². The predicted molar refractivity (Wildman–Crippen MR) is 118 cm³/mol. The molecule has 3 unspecified atom stereocenters. The molecule has 0 spiro atoms. The van der Waals surface area contributed by atoms with Crippen molar-refractivity contribution in [2.75, 3.05) is 0 Å². The smallest absolute Gasteiger partial charge is 0.321 e. The second-order valence-corrected chi connectivity index (χ2v) is 9.42. The number of aliphatic carboxylic acids is 4. The molecular formula is C24H36O8. The minimum atomic E-state index is -1.71. The summed E-state index contributed by atoms with van der Waals surface area (Å²) in [7, 11) is 0. The van der Waals surface area contributed by atoms with E-state index in [0.29, 0.717) is 44.9 Å². The molecule has 2 fully saturated rings. The van der Waals surface area contributed by atoms with Gasteiger partial charge in [-0.25, -0.2) is 0 Å². The van der Waals surface area contributed by atoms with Gasteiger partial charge < -0.3 is 20.4 Å². The van der Waals surface area contributed by atoms with E-state index in [1.807, 2.05) is 6.92 Å². The van der Waals surface area contributed by atoms with Gasteiger partial charge in [0, 0.05) is 5.41 Å². The van der Waals surface area contributed by atoms with Crippen molar-refractivity contribution < 1.29 is 39.6 Å². The second-order valence-electron chi connectivity index (χ2n) is 9.42. The fraction of sp³-hybridized carbons (Fsp3) is 0.667. The van der Waals surface area contributed by atoms with Crippen LogP contribution in [0, 0.1) is 28.1 Å². The van der Waals surface area contributed by atoms with Crippen molar-refractivity contribution in [1.29, 1.82) is 0 Å². The van der Waals surface area contributed by atoms with Gasteiger partial charge in [0.1, 0.15) is 0 Å². The van der Waals surface area contributed by atoms with Crippen LogP contribution in [0.15, 0.2) is 25.3 Å². The standard InChI is InChI=1S/C14H20O4.C10H16O4/c1-3-7-13(8-4-2)9-5-6-10-14(13,11(15)16)12(17)18;1-6-5-7(8(11)12)3-4-10(6,2)9(13)14/h3-4H,1-2,5-10H2,(H,15,16)(H,17,18);6-7H,3-5H2,1-2H3,(H,11,12)(H,13,14). The van der Waals surface area contributed by atoms with Crippen molar-refractivity contribution in [3.05, 3.63) is 25.3 Å². The first kappa shape index (κ1) is 27.4. The van der Waals surface area contributed by atoms with Crippen LogP contribution < -0.4 is 0 Å². The summed E-state index contributed by atoms with van der Waals surface area (Å²) in [6.07, 6.45) is 7.67. The van der Waals surface area contributed by atoms with Crippen LogP contribution in [0.1, 0.15) is 71.6 Å². The van der Waals surface area contributed by atoms with E-state index in [9.17, 15) is 29.4 Å². The Bertz CT molecular complexity index is 731. The summed E-state index contributed by atoms with van der Waals surface area (Å²) in [6, 6.07) is 0. The quantitative estimate of drug-likeness (QED) is 0.312. The zero-order valence-corrected chi connectivity index (χ0v) is 19.0. The monoisotopic (exact) mass is 452 g/mol. The van der Waals surface area contributed by atoms with E-state index in [1.165, 1.54) is 0 Å². The Balaban J connectivity index is 0.000000330. The zero-order valence-electron chi connectivity index (χ0n) is 19.0. The van der Waals surface area contributed by atoms with Crippen molar-refractivity contribution in [2.24, 2.45) is 28.1 Å². The Hall–Kier alpha value is -2.64. The normalized spacial score (nSPS) is 28.3. The molecule has 2 aliphatic carbocycles. The highest BCUT2D eigenvalue weighted by molar-refractivity contribution is 5.99. The lowest BCUT2D eigenvalue weighted by atomic mass is 9.53. The number of carboxylic acids is 4. The summed E-state index contributed by atoms with van der Waals surface area (Å²) in [6.45, 7) is 10.8. The first-order valence-electron chi connectivity index (χ1n) is 11.0. The Morgan fingerprint density at radius 1 is 0.875 bits per heavy atom. The summed E-state index contributed by atoms with van der Waals surface area (Å²) >= 11 is 0. The molecule has 0 heterocycles. The third-order valence-corrected chi connectivity index (χ3v) is 7.74. The molecule has 0 aromatic carbocycles. The third-order valence-electron chi connectivity index (χ3n) is 7.74. The van der Waals surface area contributed by atoms with E-state index in [1.54, 1.807) is 19.1 Å². The van der Waals surface area contributed by atoms with Gasteiger partial charge in [-0.15, -0.1) is 13.2 Å². The largest absolute Gasteiger partial charge is 0.481 e. The van der Waals surface area contributed by atoms with Crippen molar-refractivity contribution in [3.8, 4) is 0 Å². The lowest BCUT2D eigenvalue weighted by molar-refractivity contribution is -0.181. The molecule has 8 nitrogen and oxygen atoms in total. The van der Waals surface area contributed by atoms with Gasteiger partial charge in [0.2, 0.25) is 0 Å². The van der Waals surface area contributed by atoms with Gasteiger partial charge in [0.05, 0.1) is 11.3 Å². The number of hydrogen-bond donors (Lipinski definition) is 4. The molecule has 32 heavy (non-hydrogen) atoms. The topological polar surface area (TPSA) is 149 Å². The van der Waals surface area contributed by atoms with E-state index in [0.717, 1.165) is 6.42 Å². The highest BCUT2D eigenvalue weighted by atomic mass is 16.4. The zero-order chi connectivity index (χ0) is 24.7. The highest BCUT2D eigenvalue weighted by Crippen LogP contribution is 2.56. The van der Waals surface area contributed by atoms with Crippen LogP contribution in [-0.4, -0.2) is 44.3 Å². The maximum absolute atomic E-state index is 11.6. The molecule has 0 bridgehead atoms. The molecule has 0 aromatic heterocycles. The summed E-state index contributed by atoms with van der Waals surface area (Å²) in [4.78, 5) is 45.0. The minimum absolute atomic E-state index is 0.0742. The van der Waals surface area contributed by atoms with Crippen molar-refractivity contribution in [2.45, 2.75) is 71.6 Å². The Labute approximate surface area is 189 Å². The van der Waals surface area contributed by atoms with E-state index in [2.05, 4.69) is 13.2 Å². The summed E-state index contributed by atoms with van der Waals surface area (Å²) in [5, 5.41) is 36.9. The van der Waals surface area contributed by atoms with Crippen LogP contribution in [0.2, 0.25) is 0 Å². The van der Waals surface area contributed by atoms with Crippen molar-refractivity contribution in [3.63, 3.8) is 0 Å². The average Bonchev–Trinajstić information content (AvgIpc) is 2.70. The molecule has 8 heteroatoms. The average molecular weight is 453 g/mol. The summed E-state index contributed by atoms with van der Waals surface area (Å²) in [5.41, 5.74) is -3.26. The molecule has 0 radical (unpaired) electrons. The number of hydrogen-bond acceptors (Lipinski definition) is 4. The molecule has 0 aromatic rings. The number of carbonyl (C=O) groups is 4. The Morgan fingerprint density at radius 2 is 1.38 bits per heavy atom. The van der Waals surface area contributed by atoms with Crippen LogP contribution >= 0.6 is 0 Å². The molecule has 2 aliphatic rings. The Morgan fingerprint density at radius 3 is 1.75 bits per heavy atom. The minimum Gasteiger partial charge on any atom is -0.481 e. The van der Waals surface area contributed by atoms with Gasteiger partial charge >= 0.3 is 23.9 Å². The summed E-state index contributed by atoms with van der Waals surface area (Å²) in [5.74, 6) is -4.53. The number of allylic oxidation sites excluding steroid dienone is 2. The van der Waals surface area contributed by atoms with Gasteiger partial charge in [-0.2, -0.15) is 0 Å². The van der Waals surface area contributed by atoms with Gasteiger partial charge in [-0.05, 0) is 57.8 Å². The van der Waals surface area contributed by atoms with Crippen molar-refractivity contribution in [1.82, 2.24) is 0 Å². The molecular weight excluding hydrogens is 416 g/mol. The molecule has 0 aliphatic heterocycles. The lowest BCUT2D eigenvalue weighted by Gasteiger charge is -2.48. The SMILES string of the molecule is C=CCC1(CC=C)CCCCC1(C(=O)O)C(=O)O.CC1CC(C(=O)O)CCC1(C)C(=O)O. The first-order valence-corrected chi connectivity index (χ1v) is 11.0. The molecule has 180 valence electrons. The lowest BCUT2D eigenvalue weighted by Crippen LogP contribution is -2.55. The molecule has 4 N–H and O–H groups in total. The van der Waals surface area contributed by atoms with Crippen LogP contribution in [-0.2, 0) is 19.2 Å². The molecule has 2 saturated carbocycles. The maximum atomic E-state index is 11.6. The maximum Gasteiger partial charge on any atom is 0.321 e. The van der Waals surface area contributed by atoms with Crippen LogP contribution in [0.4, 0.5) is 0 Å². The van der Waals surface area contributed by atoms with Gasteiger partial charge in [0.25, 0.3) is 0 Å². The molecule has 3 atom stereocenters. The van der Waals surface area contributed by atoms with Crippen molar-refractivity contribution >= 4 is 23.9 Å². The molecule has 0 saturated heterocycles. The van der Waals surface area contributed by atoms with Crippen LogP contribution in [0.5, 0.6) is 0 Å². The number of rotatable bonds is 8. The first-order chi connectivity index (χ1) is 14.8. The highest BCUT2D eigenvalue weighted by Gasteiger charge is 2.61. The predicted octanol–water partition coefficient (Wildman–Crippen LogP) is 4.45. The molecule has 0 amide bonds. The van der Waals surface area contributed by atoms with E-state index < -0.39 is 40.1 Å². The van der Waals surface area contributed by atoms with E-state index in [-0.39, 0.29) is 18.3 Å². The van der Waals surface area contributed by atoms with E-state index in [4.69, 9.17) is 10.2 Å². The van der Waals surface area contributed by atoms with Gasteiger partial charge in [-0.3, -0.25) is 19.2 Å². The van der Waals surface area contributed by atoms with Gasteiger partial charge in [0.15, 0.2) is 5.41 Å².